The van der Waals surface area contributed by atoms with Crippen molar-refractivity contribution in [1.29, 1.82) is 0 Å². The van der Waals surface area contributed by atoms with Gasteiger partial charge in [0, 0.05) is 24.1 Å². The average Bonchev–Trinajstić information content (AvgIpc) is 2.42. The Morgan fingerprint density at radius 2 is 1.86 bits per heavy atom. The molecular formula is C18H23BrN2. The Labute approximate surface area is 136 Å². The number of benzene rings is 2. The second-order valence-electron chi connectivity index (χ2n) is 5.62. The molecule has 0 heterocycles. The van der Waals surface area contributed by atoms with Gasteiger partial charge in [-0.3, -0.25) is 4.90 Å². The maximum absolute atomic E-state index is 3.69. The minimum absolute atomic E-state index is 0.901. The number of nitrogens with one attached hydrogen (secondary N) is 1. The van der Waals surface area contributed by atoms with Crippen molar-refractivity contribution < 1.29 is 0 Å². The molecule has 0 aromatic heterocycles. The van der Waals surface area contributed by atoms with Crippen molar-refractivity contribution in [1.82, 2.24) is 10.2 Å². The molecule has 0 unspecified atom stereocenters. The highest BCUT2D eigenvalue weighted by Crippen LogP contribution is 2.21. The Bertz CT molecular complexity index is 596. The standard InChI is InChI=1S/C18H23BrN2/c1-14-5-4-6-16(9-14)12-21(3)13-17-8-7-15(11-20-2)10-18(17)19/h4-10,20H,11-13H2,1-3H3. The van der Waals surface area contributed by atoms with Gasteiger partial charge in [-0.05, 0) is 43.8 Å². The first-order valence-corrected chi connectivity index (χ1v) is 8.04. The summed E-state index contributed by atoms with van der Waals surface area (Å²) >= 11 is 3.69. The maximum atomic E-state index is 3.69. The van der Waals surface area contributed by atoms with Gasteiger partial charge in [0.15, 0.2) is 0 Å². The van der Waals surface area contributed by atoms with Gasteiger partial charge in [-0.2, -0.15) is 0 Å². The molecule has 0 spiro atoms. The minimum Gasteiger partial charge on any atom is -0.316 e. The first-order valence-electron chi connectivity index (χ1n) is 7.24. The lowest BCUT2D eigenvalue weighted by molar-refractivity contribution is 0.318. The summed E-state index contributed by atoms with van der Waals surface area (Å²) in [6, 6.07) is 15.3. The van der Waals surface area contributed by atoms with Crippen molar-refractivity contribution >= 4 is 15.9 Å². The van der Waals surface area contributed by atoms with Crippen LogP contribution in [0.15, 0.2) is 46.9 Å². The van der Waals surface area contributed by atoms with E-state index in [1.54, 1.807) is 0 Å². The smallest absolute Gasteiger partial charge is 0.0245 e. The van der Waals surface area contributed by atoms with Crippen molar-refractivity contribution in [3.63, 3.8) is 0 Å². The number of halogens is 1. The third kappa shape index (κ3) is 4.95. The number of hydrogen-bond acceptors (Lipinski definition) is 2. The third-order valence-corrected chi connectivity index (χ3v) is 4.21. The van der Waals surface area contributed by atoms with E-state index >= 15 is 0 Å². The molecule has 0 aliphatic carbocycles. The van der Waals surface area contributed by atoms with Crippen molar-refractivity contribution in [2.75, 3.05) is 14.1 Å². The molecule has 3 heteroatoms. The van der Waals surface area contributed by atoms with Gasteiger partial charge in [-0.25, -0.2) is 0 Å². The van der Waals surface area contributed by atoms with Crippen LogP contribution in [0.1, 0.15) is 22.3 Å². The summed E-state index contributed by atoms with van der Waals surface area (Å²) in [5.74, 6) is 0. The van der Waals surface area contributed by atoms with Crippen LogP contribution in [0.2, 0.25) is 0 Å². The van der Waals surface area contributed by atoms with Crippen LogP contribution >= 0.6 is 15.9 Å². The highest BCUT2D eigenvalue weighted by molar-refractivity contribution is 9.10. The molecular weight excluding hydrogens is 324 g/mol. The quantitative estimate of drug-likeness (QED) is 0.846. The van der Waals surface area contributed by atoms with Gasteiger partial charge in [-0.15, -0.1) is 0 Å². The molecule has 0 saturated heterocycles. The lowest BCUT2D eigenvalue weighted by Crippen LogP contribution is -2.17. The summed E-state index contributed by atoms with van der Waals surface area (Å²) in [4.78, 5) is 2.34. The predicted molar refractivity (Wildman–Crippen MR) is 93.3 cm³/mol. The Morgan fingerprint density at radius 1 is 1.05 bits per heavy atom. The summed E-state index contributed by atoms with van der Waals surface area (Å²) in [6.45, 7) is 4.94. The fraction of sp³-hybridized carbons (Fsp3) is 0.333. The second kappa shape index (κ2) is 7.74. The monoisotopic (exact) mass is 346 g/mol. The van der Waals surface area contributed by atoms with E-state index in [9.17, 15) is 0 Å². The van der Waals surface area contributed by atoms with Crippen LogP contribution in [0.3, 0.4) is 0 Å². The maximum Gasteiger partial charge on any atom is 0.0245 e. The van der Waals surface area contributed by atoms with Crippen LogP contribution in [0.5, 0.6) is 0 Å². The van der Waals surface area contributed by atoms with E-state index in [-0.39, 0.29) is 0 Å². The molecule has 2 aromatic rings. The lowest BCUT2D eigenvalue weighted by atomic mass is 10.1. The van der Waals surface area contributed by atoms with Crippen molar-refractivity contribution in [3.05, 3.63) is 69.2 Å². The topological polar surface area (TPSA) is 15.3 Å². The molecule has 0 bridgehead atoms. The molecule has 0 aliphatic heterocycles. The molecule has 0 atom stereocenters. The molecule has 112 valence electrons. The van der Waals surface area contributed by atoms with E-state index in [0.29, 0.717) is 0 Å². The number of hydrogen-bond donors (Lipinski definition) is 1. The molecule has 0 aliphatic rings. The average molecular weight is 347 g/mol. The normalized spacial score (nSPS) is 11.1. The number of aryl methyl sites for hydroxylation is 1. The third-order valence-electron chi connectivity index (χ3n) is 3.47. The fourth-order valence-electron chi connectivity index (χ4n) is 2.50. The number of rotatable bonds is 6. The van der Waals surface area contributed by atoms with Crippen molar-refractivity contribution in [3.8, 4) is 0 Å². The molecule has 0 amide bonds. The van der Waals surface area contributed by atoms with Gasteiger partial charge in [0.05, 0.1) is 0 Å². The van der Waals surface area contributed by atoms with Gasteiger partial charge in [0.1, 0.15) is 0 Å². The lowest BCUT2D eigenvalue weighted by Gasteiger charge is -2.18. The molecule has 2 rings (SSSR count). The second-order valence-corrected chi connectivity index (χ2v) is 6.47. The Hall–Kier alpha value is -1.16. The largest absolute Gasteiger partial charge is 0.316 e. The van der Waals surface area contributed by atoms with Crippen LogP contribution in [0, 0.1) is 6.92 Å². The summed E-state index contributed by atoms with van der Waals surface area (Å²) in [5, 5.41) is 3.18. The summed E-state index contributed by atoms with van der Waals surface area (Å²) in [5.41, 5.74) is 5.30. The van der Waals surface area contributed by atoms with Gasteiger partial charge in [0.2, 0.25) is 0 Å². The molecule has 2 nitrogen and oxygen atoms in total. The molecule has 2 aromatic carbocycles. The highest BCUT2D eigenvalue weighted by atomic mass is 79.9. The van der Waals surface area contributed by atoms with Crippen LogP contribution in [0.4, 0.5) is 0 Å². The minimum atomic E-state index is 0.901. The van der Waals surface area contributed by atoms with E-state index in [1.807, 2.05) is 7.05 Å². The predicted octanol–water partition coefficient (Wildman–Crippen LogP) is 4.11. The zero-order chi connectivity index (χ0) is 15.2. The first kappa shape index (κ1) is 16.2. The van der Waals surface area contributed by atoms with E-state index in [1.165, 1.54) is 26.7 Å². The van der Waals surface area contributed by atoms with E-state index in [2.05, 4.69) is 82.6 Å². The van der Waals surface area contributed by atoms with Crippen LogP contribution < -0.4 is 5.32 Å². The Balaban J connectivity index is 2.00. The van der Waals surface area contributed by atoms with Gasteiger partial charge in [0.25, 0.3) is 0 Å². The van der Waals surface area contributed by atoms with E-state index < -0.39 is 0 Å². The molecule has 0 fully saturated rings. The molecule has 0 radical (unpaired) electrons. The fourth-order valence-corrected chi connectivity index (χ4v) is 3.05. The number of nitrogens with zero attached hydrogens (tertiary/aromatic N) is 1. The zero-order valence-corrected chi connectivity index (χ0v) is 14.6. The molecule has 0 saturated carbocycles. The van der Waals surface area contributed by atoms with E-state index in [4.69, 9.17) is 0 Å². The zero-order valence-electron chi connectivity index (χ0n) is 13.0. The molecule has 1 N–H and O–H groups in total. The van der Waals surface area contributed by atoms with Gasteiger partial charge < -0.3 is 5.32 Å². The van der Waals surface area contributed by atoms with Crippen molar-refractivity contribution in [2.45, 2.75) is 26.6 Å². The Morgan fingerprint density at radius 3 is 2.52 bits per heavy atom. The summed E-state index contributed by atoms with van der Waals surface area (Å²) < 4.78 is 1.19. The summed E-state index contributed by atoms with van der Waals surface area (Å²) in [7, 11) is 4.13. The van der Waals surface area contributed by atoms with Gasteiger partial charge in [-0.1, -0.05) is 57.9 Å². The van der Waals surface area contributed by atoms with Crippen LogP contribution in [-0.2, 0) is 19.6 Å². The SMILES string of the molecule is CNCc1ccc(CN(C)Cc2cccc(C)c2)c(Br)c1. The van der Waals surface area contributed by atoms with E-state index in [0.717, 1.165) is 19.6 Å². The van der Waals surface area contributed by atoms with Gasteiger partial charge >= 0.3 is 0 Å². The van der Waals surface area contributed by atoms with Crippen LogP contribution in [-0.4, -0.2) is 19.0 Å². The Kier molecular flexibility index (Phi) is 5.97. The van der Waals surface area contributed by atoms with Crippen molar-refractivity contribution in [2.24, 2.45) is 0 Å². The first-order chi connectivity index (χ1) is 10.1. The molecule has 21 heavy (non-hydrogen) atoms. The van der Waals surface area contributed by atoms with Crippen LogP contribution in [0.25, 0.3) is 0 Å². The summed E-state index contributed by atoms with van der Waals surface area (Å²) in [6.07, 6.45) is 0. The highest BCUT2D eigenvalue weighted by Gasteiger charge is 2.06.